The highest BCUT2D eigenvalue weighted by Crippen LogP contribution is 2.37. The van der Waals surface area contributed by atoms with Crippen molar-refractivity contribution in [2.24, 2.45) is 0 Å². The monoisotopic (exact) mass is 452 g/mol. The van der Waals surface area contributed by atoms with E-state index in [1.54, 1.807) is 0 Å². The van der Waals surface area contributed by atoms with Crippen LogP contribution in [0, 0.1) is 0 Å². The predicted molar refractivity (Wildman–Crippen MR) is 139 cm³/mol. The second-order valence-corrected chi connectivity index (χ2v) is 8.55. The summed E-state index contributed by atoms with van der Waals surface area (Å²) in [7, 11) is 0. The molecule has 1 N–H and O–H groups in total. The highest BCUT2D eigenvalue weighted by molar-refractivity contribution is 6.12. The zero-order chi connectivity index (χ0) is 23.2. The number of pyridine rings is 1. The Morgan fingerprint density at radius 1 is 0.686 bits per heavy atom. The molecule has 35 heavy (non-hydrogen) atoms. The van der Waals surface area contributed by atoms with E-state index in [9.17, 15) is 0 Å². The Morgan fingerprint density at radius 2 is 1.51 bits per heavy atom. The van der Waals surface area contributed by atoms with Crippen LogP contribution in [0.15, 0.2) is 109 Å². The number of nitrogens with one attached hydrogen (secondary N) is 1. The number of benzene rings is 4. The molecule has 0 spiro atoms. The van der Waals surface area contributed by atoms with Crippen LogP contribution < -0.4 is 10.1 Å². The molecular weight excluding hydrogens is 432 g/mol. The van der Waals surface area contributed by atoms with Crippen LogP contribution in [0.25, 0.3) is 44.3 Å². The summed E-state index contributed by atoms with van der Waals surface area (Å²) >= 11 is 0. The number of anilines is 1. The zero-order valence-electron chi connectivity index (χ0n) is 18.7. The molecule has 0 radical (unpaired) electrons. The number of ether oxygens (including phenoxy) is 1. The molecule has 0 aliphatic carbocycles. The Labute approximate surface area is 202 Å². The summed E-state index contributed by atoms with van der Waals surface area (Å²) in [5, 5.41) is 6.74. The zero-order valence-corrected chi connectivity index (χ0v) is 18.7. The summed E-state index contributed by atoms with van der Waals surface area (Å²) in [5.74, 6) is 1.48. The highest BCUT2D eigenvalue weighted by atomic mass is 16.5. The largest absolute Gasteiger partial charge is 0.463 e. The van der Waals surface area contributed by atoms with Gasteiger partial charge in [-0.3, -0.25) is 4.98 Å². The first-order valence-electron chi connectivity index (χ1n) is 11.6. The van der Waals surface area contributed by atoms with Gasteiger partial charge in [-0.15, -0.1) is 0 Å². The van der Waals surface area contributed by atoms with E-state index >= 15 is 0 Å². The molecule has 0 amide bonds. The SMILES string of the molecule is c1ccc(-c2nc(-c3ccc(C4Nc5ccccc5O4)nc3)nc3ccc4ccccc4c23)cc1. The van der Waals surface area contributed by atoms with Crippen molar-refractivity contribution in [2.45, 2.75) is 6.23 Å². The van der Waals surface area contributed by atoms with E-state index in [2.05, 4.69) is 58.8 Å². The average Bonchev–Trinajstić information content (AvgIpc) is 3.37. The van der Waals surface area contributed by atoms with Gasteiger partial charge in [0.2, 0.25) is 6.23 Å². The van der Waals surface area contributed by atoms with Crippen LogP contribution in [0.3, 0.4) is 0 Å². The van der Waals surface area contributed by atoms with Crippen LogP contribution in [0.2, 0.25) is 0 Å². The number of hydrogen-bond donors (Lipinski definition) is 1. The molecule has 1 unspecified atom stereocenters. The lowest BCUT2D eigenvalue weighted by molar-refractivity contribution is 0.254. The number of para-hydroxylation sites is 2. The standard InChI is InChI=1S/C30H20N4O/c1-2-9-20(10-3-1)28-27-22-11-5-4-8-19(22)14-16-24(27)32-29(34-28)21-15-17-25(31-18-21)30-33-23-12-6-7-13-26(23)35-30/h1-18,30,33H. The van der Waals surface area contributed by atoms with Gasteiger partial charge < -0.3 is 10.1 Å². The fraction of sp³-hybridized carbons (Fsp3) is 0.0333. The van der Waals surface area contributed by atoms with Crippen LogP contribution in [-0.4, -0.2) is 15.0 Å². The fourth-order valence-corrected chi connectivity index (χ4v) is 4.65. The van der Waals surface area contributed by atoms with E-state index < -0.39 is 0 Å². The molecule has 1 aliphatic heterocycles. The van der Waals surface area contributed by atoms with Gasteiger partial charge in [-0.2, -0.15) is 0 Å². The van der Waals surface area contributed by atoms with Crippen LogP contribution in [-0.2, 0) is 0 Å². The maximum atomic E-state index is 6.01. The van der Waals surface area contributed by atoms with Gasteiger partial charge in [0, 0.05) is 22.7 Å². The van der Waals surface area contributed by atoms with Crippen molar-refractivity contribution in [2.75, 3.05) is 5.32 Å². The second kappa shape index (κ2) is 7.92. The molecule has 2 aromatic heterocycles. The van der Waals surface area contributed by atoms with E-state index in [0.29, 0.717) is 5.82 Å². The Kier molecular flexibility index (Phi) is 4.45. The molecule has 5 nitrogen and oxygen atoms in total. The second-order valence-electron chi connectivity index (χ2n) is 8.55. The Balaban J connectivity index is 1.33. The Morgan fingerprint density at radius 3 is 2.37 bits per heavy atom. The lowest BCUT2D eigenvalue weighted by atomic mass is 10.00. The Bertz CT molecular complexity index is 1670. The number of rotatable bonds is 3. The maximum Gasteiger partial charge on any atom is 0.213 e. The van der Waals surface area contributed by atoms with Crippen molar-refractivity contribution in [1.82, 2.24) is 15.0 Å². The van der Waals surface area contributed by atoms with Gasteiger partial charge >= 0.3 is 0 Å². The summed E-state index contributed by atoms with van der Waals surface area (Å²) in [5.41, 5.74) is 5.52. The summed E-state index contributed by atoms with van der Waals surface area (Å²) in [6.07, 6.45) is 1.51. The van der Waals surface area contributed by atoms with Gasteiger partial charge in [0.1, 0.15) is 11.4 Å². The minimum atomic E-state index is -0.315. The van der Waals surface area contributed by atoms with Gasteiger partial charge in [-0.25, -0.2) is 9.97 Å². The molecule has 0 saturated carbocycles. The molecule has 166 valence electrons. The van der Waals surface area contributed by atoms with Crippen molar-refractivity contribution in [3.8, 4) is 28.4 Å². The summed E-state index contributed by atoms with van der Waals surface area (Å²) < 4.78 is 6.01. The third kappa shape index (κ3) is 3.37. The van der Waals surface area contributed by atoms with E-state index in [1.165, 1.54) is 5.39 Å². The van der Waals surface area contributed by atoms with Crippen molar-refractivity contribution in [3.05, 3.63) is 115 Å². The van der Waals surface area contributed by atoms with Crippen LogP contribution in [0.5, 0.6) is 5.75 Å². The molecule has 6 aromatic rings. The van der Waals surface area contributed by atoms with E-state index in [4.69, 9.17) is 14.7 Å². The van der Waals surface area contributed by atoms with Gasteiger partial charge in [0.25, 0.3) is 0 Å². The van der Waals surface area contributed by atoms with Crippen LogP contribution in [0.4, 0.5) is 5.69 Å². The smallest absolute Gasteiger partial charge is 0.213 e. The molecule has 4 aromatic carbocycles. The first-order chi connectivity index (χ1) is 17.3. The van der Waals surface area contributed by atoms with Crippen molar-refractivity contribution in [1.29, 1.82) is 0 Å². The number of aromatic nitrogens is 3. The lowest BCUT2D eigenvalue weighted by Crippen LogP contribution is -2.11. The average molecular weight is 453 g/mol. The molecule has 3 heterocycles. The summed E-state index contributed by atoms with van der Waals surface area (Å²) in [6, 6.07) is 34.7. The number of hydrogen-bond acceptors (Lipinski definition) is 5. The third-order valence-electron chi connectivity index (χ3n) is 6.37. The molecule has 7 rings (SSSR count). The number of nitrogens with zero attached hydrogens (tertiary/aromatic N) is 3. The molecule has 1 aliphatic rings. The van der Waals surface area contributed by atoms with Gasteiger partial charge in [0.15, 0.2) is 5.82 Å². The van der Waals surface area contributed by atoms with Gasteiger partial charge in [0.05, 0.1) is 16.9 Å². The summed E-state index contributed by atoms with van der Waals surface area (Å²) in [6.45, 7) is 0. The van der Waals surface area contributed by atoms with E-state index in [-0.39, 0.29) is 6.23 Å². The topological polar surface area (TPSA) is 59.9 Å². The van der Waals surface area contributed by atoms with Crippen molar-refractivity contribution < 1.29 is 4.74 Å². The molecular formula is C30H20N4O. The van der Waals surface area contributed by atoms with Crippen LogP contribution >= 0.6 is 0 Å². The van der Waals surface area contributed by atoms with Gasteiger partial charge in [-0.1, -0.05) is 72.8 Å². The molecule has 0 bridgehead atoms. The molecule has 0 fully saturated rings. The van der Waals surface area contributed by atoms with Crippen molar-refractivity contribution >= 4 is 27.4 Å². The minimum Gasteiger partial charge on any atom is -0.463 e. The Hall–Kier alpha value is -4.77. The number of fused-ring (bicyclic) bond motifs is 4. The third-order valence-corrected chi connectivity index (χ3v) is 6.37. The first kappa shape index (κ1) is 19.7. The minimum absolute atomic E-state index is 0.315. The quantitative estimate of drug-likeness (QED) is 0.293. The van der Waals surface area contributed by atoms with Gasteiger partial charge in [-0.05, 0) is 41.1 Å². The molecule has 5 heteroatoms. The predicted octanol–water partition coefficient (Wildman–Crippen LogP) is 7.02. The normalized spacial score (nSPS) is 14.5. The summed E-state index contributed by atoms with van der Waals surface area (Å²) in [4.78, 5) is 14.7. The molecule has 1 atom stereocenters. The fourth-order valence-electron chi connectivity index (χ4n) is 4.65. The van der Waals surface area contributed by atoms with Crippen LogP contribution in [0.1, 0.15) is 11.9 Å². The highest BCUT2D eigenvalue weighted by Gasteiger charge is 2.24. The first-order valence-corrected chi connectivity index (χ1v) is 11.6. The molecule has 0 saturated heterocycles. The van der Waals surface area contributed by atoms with E-state index in [1.807, 2.05) is 60.8 Å². The van der Waals surface area contributed by atoms with E-state index in [0.717, 1.165) is 50.2 Å². The van der Waals surface area contributed by atoms with Crippen molar-refractivity contribution in [3.63, 3.8) is 0 Å². The lowest BCUT2D eigenvalue weighted by Gasteiger charge is -2.13. The maximum absolute atomic E-state index is 6.01.